The van der Waals surface area contributed by atoms with Crippen molar-refractivity contribution in [1.82, 2.24) is 0 Å². The summed E-state index contributed by atoms with van der Waals surface area (Å²) in [5.41, 5.74) is 3.42. The van der Waals surface area contributed by atoms with Gasteiger partial charge in [-0.1, -0.05) is 17.7 Å². The standard InChI is InChI=1S/C23H22O6/c1-13(2)5-7-15-22-16(10-20(25-3)23(15)26-4)21(24)17(11-27-22)14-6-8-18-19(9-14)29-12-28-18/h5-6,8-11H,7,12H2,1-4H3. The van der Waals surface area contributed by atoms with Gasteiger partial charge in [0.25, 0.3) is 0 Å². The van der Waals surface area contributed by atoms with Crippen molar-refractivity contribution in [2.75, 3.05) is 21.0 Å². The molecule has 29 heavy (non-hydrogen) atoms. The topological polar surface area (TPSA) is 67.1 Å². The van der Waals surface area contributed by atoms with Crippen LogP contribution >= 0.6 is 0 Å². The van der Waals surface area contributed by atoms with Crippen LogP contribution in [0.1, 0.15) is 19.4 Å². The first-order valence-electron chi connectivity index (χ1n) is 9.26. The van der Waals surface area contributed by atoms with Gasteiger partial charge in [0.2, 0.25) is 12.2 Å². The maximum atomic E-state index is 13.3. The SMILES string of the molecule is COc1cc2c(=O)c(-c3ccc4c(c3)OCO4)coc2c(CC=C(C)C)c1OC. The van der Waals surface area contributed by atoms with E-state index in [9.17, 15) is 4.79 Å². The fourth-order valence-corrected chi connectivity index (χ4v) is 3.43. The van der Waals surface area contributed by atoms with Gasteiger partial charge in [-0.05, 0) is 44.0 Å². The molecule has 0 saturated carbocycles. The van der Waals surface area contributed by atoms with Crippen molar-refractivity contribution in [3.8, 4) is 34.1 Å². The molecule has 2 aromatic carbocycles. The predicted octanol–water partition coefficient (Wildman–Crippen LogP) is 4.71. The molecule has 150 valence electrons. The third kappa shape index (κ3) is 3.31. The van der Waals surface area contributed by atoms with Crippen LogP contribution in [0.4, 0.5) is 0 Å². The smallest absolute Gasteiger partial charge is 0.231 e. The van der Waals surface area contributed by atoms with Crippen LogP contribution in [0.15, 0.2) is 51.4 Å². The Kier molecular flexibility index (Phi) is 4.92. The van der Waals surface area contributed by atoms with Crippen LogP contribution in [-0.4, -0.2) is 21.0 Å². The lowest BCUT2D eigenvalue weighted by atomic mass is 10.0. The van der Waals surface area contributed by atoms with Crippen LogP contribution in [0.25, 0.3) is 22.1 Å². The van der Waals surface area contributed by atoms with Crippen LogP contribution in [0.3, 0.4) is 0 Å². The number of methoxy groups -OCH3 is 2. The molecule has 6 nitrogen and oxygen atoms in total. The number of hydrogen-bond acceptors (Lipinski definition) is 6. The summed E-state index contributed by atoms with van der Waals surface area (Å²) in [6.07, 6.45) is 4.11. The second kappa shape index (κ2) is 7.54. The minimum Gasteiger partial charge on any atom is -0.493 e. The zero-order chi connectivity index (χ0) is 20.5. The largest absolute Gasteiger partial charge is 0.493 e. The quantitative estimate of drug-likeness (QED) is 0.584. The predicted molar refractivity (Wildman–Crippen MR) is 110 cm³/mol. The summed E-state index contributed by atoms with van der Waals surface area (Å²) in [6.45, 7) is 4.21. The Labute approximate surface area is 168 Å². The lowest BCUT2D eigenvalue weighted by Gasteiger charge is -2.14. The molecule has 3 aromatic rings. The number of hydrogen-bond donors (Lipinski definition) is 0. The van der Waals surface area contributed by atoms with Crippen molar-refractivity contribution in [2.45, 2.75) is 20.3 Å². The fourth-order valence-electron chi connectivity index (χ4n) is 3.43. The van der Waals surface area contributed by atoms with Crippen LogP contribution in [0.2, 0.25) is 0 Å². The van der Waals surface area contributed by atoms with E-state index in [-0.39, 0.29) is 12.2 Å². The maximum absolute atomic E-state index is 13.3. The lowest BCUT2D eigenvalue weighted by Crippen LogP contribution is -2.07. The zero-order valence-corrected chi connectivity index (χ0v) is 16.8. The van der Waals surface area contributed by atoms with E-state index in [0.717, 1.165) is 11.1 Å². The molecule has 0 N–H and O–H groups in total. The van der Waals surface area contributed by atoms with E-state index in [1.165, 1.54) is 6.26 Å². The Hall–Kier alpha value is -3.41. The van der Waals surface area contributed by atoms with Gasteiger partial charge in [-0.2, -0.15) is 0 Å². The van der Waals surface area contributed by atoms with E-state index in [4.69, 9.17) is 23.4 Å². The van der Waals surface area contributed by atoms with Gasteiger partial charge >= 0.3 is 0 Å². The summed E-state index contributed by atoms with van der Waals surface area (Å²) in [4.78, 5) is 13.3. The Bertz CT molecular complexity index is 1170. The summed E-state index contributed by atoms with van der Waals surface area (Å²) in [5, 5.41) is 0.440. The molecule has 0 atom stereocenters. The van der Waals surface area contributed by atoms with Gasteiger partial charge in [0.1, 0.15) is 11.8 Å². The van der Waals surface area contributed by atoms with Crippen molar-refractivity contribution < 1.29 is 23.4 Å². The Morgan fingerprint density at radius 2 is 1.90 bits per heavy atom. The molecule has 0 spiro atoms. The van der Waals surface area contributed by atoms with Crippen molar-refractivity contribution in [1.29, 1.82) is 0 Å². The lowest BCUT2D eigenvalue weighted by molar-refractivity contribution is 0.174. The zero-order valence-electron chi connectivity index (χ0n) is 16.8. The Balaban J connectivity index is 1.94. The molecule has 1 aliphatic rings. The average molecular weight is 394 g/mol. The fraction of sp³-hybridized carbons (Fsp3) is 0.261. The van der Waals surface area contributed by atoms with Crippen LogP contribution in [0.5, 0.6) is 23.0 Å². The molecule has 0 unspecified atom stereocenters. The van der Waals surface area contributed by atoms with Gasteiger partial charge in [0.05, 0.1) is 25.2 Å². The van der Waals surface area contributed by atoms with E-state index >= 15 is 0 Å². The molecule has 0 radical (unpaired) electrons. The molecular formula is C23H22O6. The molecule has 0 bridgehead atoms. The molecule has 6 heteroatoms. The van der Waals surface area contributed by atoms with Gasteiger partial charge in [0, 0.05) is 5.56 Å². The Morgan fingerprint density at radius 3 is 2.62 bits per heavy atom. The maximum Gasteiger partial charge on any atom is 0.231 e. The highest BCUT2D eigenvalue weighted by atomic mass is 16.7. The van der Waals surface area contributed by atoms with Gasteiger partial charge in [0.15, 0.2) is 23.0 Å². The van der Waals surface area contributed by atoms with Crippen LogP contribution in [-0.2, 0) is 6.42 Å². The monoisotopic (exact) mass is 394 g/mol. The van der Waals surface area contributed by atoms with E-state index < -0.39 is 0 Å². The molecule has 2 heterocycles. The van der Waals surface area contributed by atoms with Crippen molar-refractivity contribution in [2.24, 2.45) is 0 Å². The van der Waals surface area contributed by atoms with Crippen LogP contribution in [0, 0.1) is 0 Å². The Morgan fingerprint density at radius 1 is 1.10 bits per heavy atom. The third-order valence-electron chi connectivity index (χ3n) is 4.90. The molecule has 0 amide bonds. The summed E-state index contributed by atoms with van der Waals surface area (Å²) in [6, 6.07) is 7.06. The first kappa shape index (κ1) is 18.9. The van der Waals surface area contributed by atoms with Crippen molar-refractivity contribution in [3.05, 3.63) is 58.0 Å². The van der Waals surface area contributed by atoms with E-state index in [0.29, 0.717) is 51.5 Å². The van der Waals surface area contributed by atoms with Gasteiger partial charge in [-0.25, -0.2) is 0 Å². The van der Waals surface area contributed by atoms with Gasteiger partial charge in [-0.3, -0.25) is 4.79 Å². The first-order valence-corrected chi connectivity index (χ1v) is 9.26. The highest BCUT2D eigenvalue weighted by Gasteiger charge is 2.21. The number of ether oxygens (including phenoxy) is 4. The van der Waals surface area contributed by atoms with E-state index in [1.807, 2.05) is 19.9 Å². The number of benzene rings is 2. The third-order valence-corrected chi connectivity index (χ3v) is 4.90. The van der Waals surface area contributed by atoms with E-state index in [1.54, 1.807) is 32.4 Å². The summed E-state index contributed by atoms with van der Waals surface area (Å²) in [5.74, 6) is 2.33. The number of rotatable bonds is 5. The molecule has 0 aliphatic carbocycles. The second-order valence-corrected chi connectivity index (χ2v) is 7.00. The second-order valence-electron chi connectivity index (χ2n) is 7.00. The molecule has 1 aromatic heterocycles. The number of fused-ring (bicyclic) bond motifs is 2. The highest BCUT2D eigenvalue weighted by Crippen LogP contribution is 2.39. The highest BCUT2D eigenvalue weighted by molar-refractivity contribution is 5.88. The van der Waals surface area contributed by atoms with Crippen molar-refractivity contribution >= 4 is 11.0 Å². The molecule has 0 fully saturated rings. The summed E-state index contributed by atoms with van der Waals surface area (Å²) >= 11 is 0. The van der Waals surface area contributed by atoms with E-state index in [2.05, 4.69) is 6.08 Å². The molecule has 0 saturated heterocycles. The van der Waals surface area contributed by atoms with Gasteiger partial charge < -0.3 is 23.4 Å². The molecule has 1 aliphatic heterocycles. The summed E-state index contributed by atoms with van der Waals surface area (Å²) < 4.78 is 27.8. The summed E-state index contributed by atoms with van der Waals surface area (Å²) in [7, 11) is 3.13. The first-order chi connectivity index (χ1) is 14.0. The normalized spacial score (nSPS) is 12.1. The van der Waals surface area contributed by atoms with Crippen LogP contribution < -0.4 is 24.4 Å². The number of allylic oxidation sites excluding steroid dienone is 2. The van der Waals surface area contributed by atoms with Gasteiger partial charge in [-0.15, -0.1) is 0 Å². The minimum atomic E-state index is -0.149. The molecule has 4 rings (SSSR count). The van der Waals surface area contributed by atoms with Crippen molar-refractivity contribution in [3.63, 3.8) is 0 Å². The minimum absolute atomic E-state index is 0.149. The average Bonchev–Trinajstić information content (AvgIpc) is 3.19. The molecular weight excluding hydrogens is 372 g/mol.